The molecule has 0 saturated carbocycles. The van der Waals surface area contributed by atoms with E-state index in [0.717, 1.165) is 41.7 Å². The molecule has 0 radical (unpaired) electrons. The van der Waals surface area contributed by atoms with Gasteiger partial charge in [0.05, 0.1) is 6.04 Å². The molecule has 1 unspecified atom stereocenters. The third-order valence-corrected chi connectivity index (χ3v) is 5.50. The second-order valence-electron chi connectivity index (χ2n) is 7.16. The van der Waals surface area contributed by atoms with Crippen molar-refractivity contribution in [3.63, 3.8) is 0 Å². The number of aryl methyl sites for hydroxylation is 1. The van der Waals surface area contributed by atoms with Crippen LogP contribution in [0.15, 0.2) is 53.0 Å². The van der Waals surface area contributed by atoms with Gasteiger partial charge in [0.15, 0.2) is 0 Å². The fraction of sp³-hybridized carbons (Fsp3) is 0.364. The minimum atomic E-state index is -0.114. The molecule has 1 aliphatic rings. The van der Waals surface area contributed by atoms with Crippen molar-refractivity contribution in [3.8, 4) is 0 Å². The fourth-order valence-corrected chi connectivity index (χ4v) is 4.00. The van der Waals surface area contributed by atoms with E-state index in [-0.39, 0.29) is 24.3 Å². The number of nitrogens with one attached hydrogen (secondary N) is 2. The normalized spacial score (nSPS) is 16.7. The molecule has 3 rings (SSSR count). The summed E-state index contributed by atoms with van der Waals surface area (Å²) in [5.41, 5.74) is 3.00. The van der Waals surface area contributed by atoms with Crippen LogP contribution in [0, 0.1) is 6.92 Å². The van der Waals surface area contributed by atoms with Gasteiger partial charge in [-0.15, -0.1) is 0 Å². The molecule has 6 heteroatoms. The van der Waals surface area contributed by atoms with Gasteiger partial charge in [-0.25, -0.2) is 0 Å². The van der Waals surface area contributed by atoms with Crippen molar-refractivity contribution in [1.82, 2.24) is 10.2 Å². The average Bonchev–Trinajstić information content (AvgIpc) is 3.13. The van der Waals surface area contributed by atoms with Crippen LogP contribution in [0.25, 0.3) is 0 Å². The summed E-state index contributed by atoms with van der Waals surface area (Å²) in [5, 5.41) is 5.83. The minimum absolute atomic E-state index is 0.0149. The first kappa shape index (κ1) is 20.6. The number of carbonyl (C=O) groups is 2. The van der Waals surface area contributed by atoms with Crippen LogP contribution < -0.4 is 10.6 Å². The zero-order valence-electron chi connectivity index (χ0n) is 16.1. The van der Waals surface area contributed by atoms with E-state index in [1.807, 2.05) is 43.3 Å². The largest absolute Gasteiger partial charge is 0.354 e. The lowest BCUT2D eigenvalue weighted by Crippen LogP contribution is -2.43. The summed E-state index contributed by atoms with van der Waals surface area (Å²) in [6, 6.07) is 15.8. The first-order chi connectivity index (χ1) is 13.5. The standard InChI is InChI=1S/C22H26BrN3O2/c1-16-14-18(23)9-10-19(16)25-21(27)11-12-24-22(28)20-8-5-13-26(20)15-17-6-3-2-4-7-17/h2-4,6-7,9-10,14,20H,5,8,11-13,15H2,1H3,(H,24,28)(H,25,27). The second-order valence-corrected chi connectivity index (χ2v) is 8.08. The molecule has 0 spiro atoms. The maximum Gasteiger partial charge on any atom is 0.237 e. The van der Waals surface area contributed by atoms with Crippen LogP contribution in [0.3, 0.4) is 0 Å². The van der Waals surface area contributed by atoms with E-state index in [2.05, 4.69) is 43.6 Å². The fourth-order valence-electron chi connectivity index (χ4n) is 3.53. The molecule has 0 aliphatic carbocycles. The third-order valence-electron chi connectivity index (χ3n) is 5.01. The van der Waals surface area contributed by atoms with E-state index in [4.69, 9.17) is 0 Å². The molecule has 0 bridgehead atoms. The van der Waals surface area contributed by atoms with Crippen molar-refractivity contribution >= 4 is 33.4 Å². The van der Waals surface area contributed by atoms with E-state index in [0.29, 0.717) is 6.54 Å². The number of nitrogens with zero attached hydrogens (tertiary/aromatic N) is 1. The third kappa shape index (κ3) is 5.66. The lowest BCUT2D eigenvalue weighted by molar-refractivity contribution is -0.125. The lowest BCUT2D eigenvalue weighted by Gasteiger charge is -2.23. The molecular weight excluding hydrogens is 418 g/mol. The van der Waals surface area contributed by atoms with Crippen molar-refractivity contribution in [2.75, 3.05) is 18.4 Å². The quantitative estimate of drug-likeness (QED) is 0.682. The number of hydrogen-bond donors (Lipinski definition) is 2. The molecule has 0 aromatic heterocycles. The highest BCUT2D eigenvalue weighted by molar-refractivity contribution is 9.10. The Labute approximate surface area is 174 Å². The average molecular weight is 444 g/mol. The lowest BCUT2D eigenvalue weighted by atomic mass is 10.1. The highest BCUT2D eigenvalue weighted by Gasteiger charge is 2.30. The zero-order valence-corrected chi connectivity index (χ0v) is 17.7. The van der Waals surface area contributed by atoms with Crippen molar-refractivity contribution in [1.29, 1.82) is 0 Å². The van der Waals surface area contributed by atoms with E-state index in [1.165, 1.54) is 5.56 Å². The number of halogens is 1. The van der Waals surface area contributed by atoms with E-state index >= 15 is 0 Å². The predicted octanol–water partition coefficient (Wildman–Crippen LogP) is 3.87. The number of rotatable bonds is 7. The summed E-state index contributed by atoms with van der Waals surface area (Å²) < 4.78 is 0.979. The summed E-state index contributed by atoms with van der Waals surface area (Å²) in [5.74, 6) is -0.0839. The molecule has 28 heavy (non-hydrogen) atoms. The first-order valence-electron chi connectivity index (χ1n) is 9.64. The Balaban J connectivity index is 1.45. The molecule has 1 fully saturated rings. The van der Waals surface area contributed by atoms with Crippen LogP contribution in [-0.4, -0.2) is 35.8 Å². The number of anilines is 1. The van der Waals surface area contributed by atoms with E-state index in [1.54, 1.807) is 0 Å². The molecular formula is C22H26BrN3O2. The van der Waals surface area contributed by atoms with E-state index in [9.17, 15) is 9.59 Å². The van der Waals surface area contributed by atoms with E-state index < -0.39 is 0 Å². The number of amides is 2. The van der Waals surface area contributed by atoms with Gasteiger partial charge in [0.1, 0.15) is 0 Å². The second kappa shape index (κ2) is 9.85. The van der Waals surface area contributed by atoms with Gasteiger partial charge < -0.3 is 10.6 Å². The molecule has 148 valence electrons. The van der Waals surface area contributed by atoms with Crippen LogP contribution in [0.1, 0.15) is 30.4 Å². The van der Waals surface area contributed by atoms with Crippen molar-refractivity contribution in [2.24, 2.45) is 0 Å². The SMILES string of the molecule is Cc1cc(Br)ccc1NC(=O)CCNC(=O)C1CCCN1Cc1ccccc1. The molecule has 2 aromatic carbocycles. The van der Waals surface area contributed by atoms with Gasteiger partial charge in [-0.2, -0.15) is 0 Å². The molecule has 1 aliphatic heterocycles. The Bertz CT molecular complexity index is 826. The van der Waals surface area contributed by atoms with Crippen LogP contribution in [0.4, 0.5) is 5.69 Å². The summed E-state index contributed by atoms with van der Waals surface area (Å²) in [6.45, 7) is 4.00. The van der Waals surface area contributed by atoms with Crippen LogP contribution in [0.5, 0.6) is 0 Å². The zero-order chi connectivity index (χ0) is 19.9. The highest BCUT2D eigenvalue weighted by Crippen LogP contribution is 2.21. The summed E-state index contributed by atoms with van der Waals surface area (Å²) >= 11 is 3.41. The molecule has 1 saturated heterocycles. The first-order valence-corrected chi connectivity index (χ1v) is 10.4. The van der Waals surface area contributed by atoms with Gasteiger partial charge in [0.2, 0.25) is 11.8 Å². The molecule has 1 atom stereocenters. The Morgan fingerprint density at radius 3 is 2.71 bits per heavy atom. The molecule has 1 heterocycles. The molecule has 2 aromatic rings. The smallest absolute Gasteiger partial charge is 0.237 e. The van der Waals surface area contributed by atoms with Crippen LogP contribution in [-0.2, 0) is 16.1 Å². The molecule has 2 N–H and O–H groups in total. The summed E-state index contributed by atoms with van der Waals surface area (Å²) in [6.07, 6.45) is 2.14. The summed E-state index contributed by atoms with van der Waals surface area (Å²) in [4.78, 5) is 27.0. The Morgan fingerprint density at radius 1 is 1.18 bits per heavy atom. The Kier molecular flexibility index (Phi) is 7.23. The Morgan fingerprint density at radius 2 is 1.96 bits per heavy atom. The van der Waals surface area contributed by atoms with Gasteiger partial charge in [-0.3, -0.25) is 14.5 Å². The van der Waals surface area contributed by atoms with Gasteiger partial charge in [0.25, 0.3) is 0 Å². The van der Waals surface area contributed by atoms with Crippen LogP contribution in [0.2, 0.25) is 0 Å². The van der Waals surface area contributed by atoms with Gasteiger partial charge in [0, 0.05) is 29.7 Å². The van der Waals surface area contributed by atoms with Gasteiger partial charge >= 0.3 is 0 Å². The van der Waals surface area contributed by atoms with Crippen molar-refractivity contribution < 1.29 is 9.59 Å². The molecule has 2 amide bonds. The van der Waals surface area contributed by atoms with Crippen molar-refractivity contribution in [2.45, 2.75) is 38.8 Å². The van der Waals surface area contributed by atoms with Crippen LogP contribution >= 0.6 is 15.9 Å². The highest BCUT2D eigenvalue weighted by atomic mass is 79.9. The summed E-state index contributed by atoms with van der Waals surface area (Å²) in [7, 11) is 0. The maximum absolute atomic E-state index is 12.6. The predicted molar refractivity (Wildman–Crippen MR) is 115 cm³/mol. The van der Waals surface area contributed by atoms with Crippen molar-refractivity contribution in [3.05, 3.63) is 64.1 Å². The minimum Gasteiger partial charge on any atom is -0.354 e. The van der Waals surface area contributed by atoms with Gasteiger partial charge in [-0.05, 0) is 55.6 Å². The monoisotopic (exact) mass is 443 g/mol. The topological polar surface area (TPSA) is 61.4 Å². The number of likely N-dealkylation sites (tertiary alicyclic amines) is 1. The molecule has 5 nitrogen and oxygen atoms in total. The van der Waals surface area contributed by atoms with Gasteiger partial charge in [-0.1, -0.05) is 46.3 Å². The number of benzene rings is 2. The Hall–Kier alpha value is -2.18. The number of hydrogen-bond acceptors (Lipinski definition) is 3. The maximum atomic E-state index is 12.6. The number of carbonyl (C=O) groups excluding carboxylic acids is 2.